The molecule has 12 heteroatoms. The van der Waals surface area contributed by atoms with Crippen molar-refractivity contribution in [1.29, 1.82) is 0 Å². The van der Waals surface area contributed by atoms with E-state index in [4.69, 9.17) is 27.2 Å². The van der Waals surface area contributed by atoms with Crippen molar-refractivity contribution in [3.63, 3.8) is 0 Å². The Morgan fingerprint density at radius 1 is 1.02 bits per heavy atom. The molecule has 0 bridgehead atoms. The third kappa shape index (κ3) is 10.3. The zero-order chi connectivity index (χ0) is 37.4. The number of para-hydroxylation sites is 1. The molecule has 0 radical (unpaired) electrons. The van der Waals surface area contributed by atoms with Crippen LogP contribution in [-0.4, -0.2) is 97.4 Å². The molecule has 1 unspecified atom stereocenters. The van der Waals surface area contributed by atoms with Crippen LogP contribution in [0.15, 0.2) is 60.9 Å². The second-order valence-corrected chi connectivity index (χ2v) is 14.9. The van der Waals surface area contributed by atoms with Gasteiger partial charge in [0.05, 0.1) is 12.7 Å². The lowest BCUT2D eigenvalue weighted by molar-refractivity contribution is -0.140. The zero-order valence-corrected chi connectivity index (χ0v) is 30.5. The third-order valence-electron chi connectivity index (χ3n) is 10.5. The Morgan fingerprint density at radius 2 is 1.75 bits per heavy atom. The van der Waals surface area contributed by atoms with Crippen molar-refractivity contribution in [2.45, 2.75) is 113 Å². The molecule has 0 aliphatic heterocycles. The van der Waals surface area contributed by atoms with E-state index in [9.17, 15) is 30.0 Å². The summed E-state index contributed by atoms with van der Waals surface area (Å²) in [5, 5.41) is 50.1. The van der Waals surface area contributed by atoms with Gasteiger partial charge in [-0.05, 0) is 103 Å². The molecular formula is C40H52ClN3O8. The van der Waals surface area contributed by atoms with E-state index in [0.717, 1.165) is 66.0 Å². The van der Waals surface area contributed by atoms with Crippen LogP contribution >= 0.6 is 11.6 Å². The zero-order valence-electron chi connectivity index (χ0n) is 29.7. The van der Waals surface area contributed by atoms with Crippen molar-refractivity contribution in [2.24, 2.45) is 5.73 Å². The predicted octanol–water partition coefficient (Wildman–Crippen LogP) is 4.02. The molecule has 1 heterocycles. The van der Waals surface area contributed by atoms with Crippen LogP contribution in [0.1, 0.15) is 87.3 Å². The first-order valence-corrected chi connectivity index (χ1v) is 18.7. The number of halogens is 1. The summed E-state index contributed by atoms with van der Waals surface area (Å²) in [6.45, 7) is 0.820. The van der Waals surface area contributed by atoms with Crippen molar-refractivity contribution >= 4 is 23.4 Å². The van der Waals surface area contributed by atoms with E-state index in [0.29, 0.717) is 18.9 Å². The van der Waals surface area contributed by atoms with Crippen molar-refractivity contribution in [1.82, 2.24) is 9.88 Å². The third-order valence-corrected chi connectivity index (χ3v) is 10.9. The normalized spacial score (nSPS) is 17.8. The topological polar surface area (TPSA) is 187 Å². The number of primary amides is 1. The number of nitrogens with two attached hydrogens (primary N) is 1. The van der Waals surface area contributed by atoms with Crippen LogP contribution in [-0.2, 0) is 21.4 Å². The monoisotopic (exact) mass is 737 g/mol. The molecule has 2 fully saturated rings. The van der Waals surface area contributed by atoms with Crippen LogP contribution in [0.5, 0.6) is 5.75 Å². The van der Waals surface area contributed by atoms with E-state index >= 15 is 0 Å². The van der Waals surface area contributed by atoms with Crippen LogP contribution in [0.2, 0.25) is 5.02 Å². The average Bonchev–Trinajstić information content (AvgIpc) is 4.09. The van der Waals surface area contributed by atoms with E-state index in [2.05, 4.69) is 42.2 Å². The number of benzene rings is 2. The van der Waals surface area contributed by atoms with Gasteiger partial charge in [-0.2, -0.15) is 0 Å². The second kappa shape index (κ2) is 18.0. The van der Waals surface area contributed by atoms with Gasteiger partial charge < -0.3 is 40.9 Å². The van der Waals surface area contributed by atoms with Crippen molar-refractivity contribution in [2.75, 3.05) is 19.7 Å². The highest BCUT2D eigenvalue weighted by Crippen LogP contribution is 2.55. The maximum Gasteiger partial charge on any atom is 0.222 e. The Hall–Kier alpha value is -3.58. The van der Waals surface area contributed by atoms with Crippen LogP contribution < -0.4 is 10.5 Å². The molecule has 2 aliphatic carbocycles. The van der Waals surface area contributed by atoms with Gasteiger partial charge in [0, 0.05) is 48.9 Å². The molecule has 2 amide bonds. The van der Waals surface area contributed by atoms with E-state index in [-0.39, 0.29) is 43.2 Å². The van der Waals surface area contributed by atoms with Crippen LogP contribution in [0.4, 0.5) is 0 Å². The number of rotatable bonds is 21. The van der Waals surface area contributed by atoms with Gasteiger partial charge >= 0.3 is 0 Å². The highest BCUT2D eigenvalue weighted by atomic mass is 35.5. The first-order valence-electron chi connectivity index (χ1n) is 18.3. The van der Waals surface area contributed by atoms with Gasteiger partial charge in [0.2, 0.25) is 11.8 Å². The van der Waals surface area contributed by atoms with Crippen molar-refractivity contribution in [3.8, 4) is 16.9 Å². The lowest BCUT2D eigenvalue weighted by atomic mass is 9.84. The van der Waals surface area contributed by atoms with E-state index in [1.807, 2.05) is 30.6 Å². The average molecular weight is 738 g/mol. The Morgan fingerprint density at radius 3 is 2.44 bits per heavy atom. The molecule has 0 saturated heterocycles. The van der Waals surface area contributed by atoms with Gasteiger partial charge in [0.1, 0.15) is 30.2 Å². The van der Waals surface area contributed by atoms with Crippen LogP contribution in [0.3, 0.4) is 0 Å². The molecule has 282 valence electrons. The van der Waals surface area contributed by atoms with Gasteiger partial charge in [-0.3, -0.25) is 14.6 Å². The Bertz CT molecular complexity index is 1670. The summed E-state index contributed by atoms with van der Waals surface area (Å²) < 4.78 is 6.28. The number of aliphatic hydroxyl groups excluding tert-OH is 5. The minimum atomic E-state index is -1.82. The number of aromatic nitrogens is 1. The SMILES string of the molecule is CC(CCCC(=O)N(CCC(N)=O)C[C@H](O)[C@@H](O)[C@H](O)[C@H](O)CO)c1ccc(Cl)c(CCC2(c3cnccc3-c3ccccc3OC3CC3)CC2)c1. The first-order chi connectivity index (χ1) is 24.9. The molecule has 5 atom stereocenters. The molecule has 7 N–H and O–H groups in total. The van der Waals surface area contributed by atoms with E-state index < -0.39 is 36.9 Å². The number of carbonyl (C=O) groups excluding carboxylic acids is 2. The predicted molar refractivity (Wildman–Crippen MR) is 198 cm³/mol. The molecule has 52 heavy (non-hydrogen) atoms. The van der Waals surface area contributed by atoms with Gasteiger partial charge in [-0.25, -0.2) is 0 Å². The summed E-state index contributed by atoms with van der Waals surface area (Å²) in [6, 6.07) is 16.5. The lowest BCUT2D eigenvalue weighted by Gasteiger charge is -2.30. The molecular weight excluding hydrogens is 686 g/mol. The Labute approximate surface area is 310 Å². The molecule has 2 saturated carbocycles. The van der Waals surface area contributed by atoms with Gasteiger partial charge in [-0.1, -0.05) is 48.9 Å². The maximum absolute atomic E-state index is 13.2. The van der Waals surface area contributed by atoms with Gasteiger partial charge in [-0.15, -0.1) is 0 Å². The van der Waals surface area contributed by atoms with E-state index in [1.54, 1.807) is 0 Å². The Balaban J connectivity index is 1.19. The molecule has 5 rings (SSSR count). The fourth-order valence-corrected chi connectivity index (χ4v) is 7.04. The highest BCUT2D eigenvalue weighted by Gasteiger charge is 2.45. The summed E-state index contributed by atoms with van der Waals surface area (Å²) in [7, 11) is 0. The molecule has 0 spiro atoms. The van der Waals surface area contributed by atoms with Crippen LogP contribution in [0.25, 0.3) is 11.1 Å². The minimum Gasteiger partial charge on any atom is -0.490 e. The minimum absolute atomic E-state index is 0.0162. The molecule has 2 aliphatic rings. The quantitative estimate of drug-likeness (QED) is 0.0939. The smallest absolute Gasteiger partial charge is 0.222 e. The van der Waals surface area contributed by atoms with Gasteiger partial charge in [0.25, 0.3) is 0 Å². The second-order valence-electron chi connectivity index (χ2n) is 14.5. The number of nitrogens with zero attached hydrogens (tertiary/aromatic N) is 2. The number of amides is 2. The number of aryl methyl sites for hydroxylation is 1. The number of carbonyl (C=O) groups is 2. The molecule has 3 aromatic rings. The molecule has 11 nitrogen and oxygen atoms in total. The molecule has 2 aromatic carbocycles. The van der Waals surface area contributed by atoms with Crippen LogP contribution in [0, 0.1) is 0 Å². The number of hydrogen-bond acceptors (Lipinski definition) is 9. The summed E-state index contributed by atoms with van der Waals surface area (Å²) in [4.78, 5) is 30.4. The van der Waals surface area contributed by atoms with Gasteiger partial charge in [0.15, 0.2) is 0 Å². The standard InChI is InChI=1S/C40H52ClN3O8/c1-25(5-4-8-37(49)44(20-15-36(42)48)23-33(46)38(50)39(51)34(47)24-45)26-9-12-32(41)27(21-26)13-16-40(17-18-40)31-22-43-19-14-29(31)30-6-2-3-7-35(30)52-28-10-11-28/h2-3,6-7,9,12,14,19,21-22,25,28,33-34,38-39,45-47,50-51H,4-5,8,10-11,13,15-18,20,23-24H2,1H3,(H2,42,48)/t25?,33-,34+,38+,39+/m0/s1. The first kappa shape index (κ1) is 39.6. The molecule has 1 aromatic heterocycles. The number of ether oxygens (including phenoxy) is 1. The number of hydrogen-bond donors (Lipinski definition) is 6. The van der Waals surface area contributed by atoms with Crippen molar-refractivity contribution < 1.29 is 39.9 Å². The summed E-state index contributed by atoms with van der Waals surface area (Å²) in [5.41, 5.74) is 11.0. The fraction of sp³-hybridized carbons (Fsp3) is 0.525. The number of aliphatic hydroxyl groups is 5. The van der Waals surface area contributed by atoms with Crippen molar-refractivity contribution in [3.05, 3.63) is 82.6 Å². The largest absolute Gasteiger partial charge is 0.490 e. The summed E-state index contributed by atoms with van der Waals surface area (Å²) >= 11 is 6.75. The summed E-state index contributed by atoms with van der Waals surface area (Å²) in [6.07, 6.45) is 4.50. The fourth-order valence-electron chi connectivity index (χ4n) is 6.83. The lowest BCUT2D eigenvalue weighted by Crippen LogP contribution is -2.51. The number of pyridine rings is 1. The highest BCUT2D eigenvalue weighted by molar-refractivity contribution is 6.31. The van der Waals surface area contributed by atoms with E-state index in [1.165, 1.54) is 16.0 Å². The summed E-state index contributed by atoms with van der Waals surface area (Å²) in [5.74, 6) is 0.0606. The maximum atomic E-state index is 13.2. The Kier molecular flexibility index (Phi) is 13.7.